The molecule has 1 rings (SSSR count). The lowest BCUT2D eigenvalue weighted by atomic mass is 9.83. The third-order valence-electron chi connectivity index (χ3n) is 2.33. The predicted molar refractivity (Wildman–Crippen MR) is 50.2 cm³/mol. The van der Waals surface area contributed by atoms with Crippen LogP contribution in [-0.2, 0) is 4.79 Å². The van der Waals surface area contributed by atoms with Crippen molar-refractivity contribution in [1.82, 2.24) is 0 Å². The lowest BCUT2D eigenvalue weighted by Gasteiger charge is -2.31. The van der Waals surface area contributed by atoms with E-state index in [4.69, 9.17) is 0 Å². The minimum atomic E-state index is -1.28. The molecule has 0 aromatic heterocycles. The first kappa shape index (κ1) is 10.7. The van der Waals surface area contributed by atoms with Crippen molar-refractivity contribution in [3.63, 3.8) is 0 Å². The number of aliphatic carboxylic acids is 1. The van der Waals surface area contributed by atoms with E-state index in [1.165, 1.54) is 13.8 Å². The molecule has 1 N–H and O–H groups in total. The second kappa shape index (κ2) is 3.80. The number of carboxylic acid groups (broad SMARTS) is 1. The molecular weight excluding hydrogens is 180 g/mol. The Bertz CT molecular complexity index is 317. The second-order valence-electron chi connectivity index (χ2n) is 3.82. The van der Waals surface area contributed by atoms with Crippen molar-refractivity contribution in [3.8, 4) is 0 Å². The Balaban J connectivity index is 2.96. The molecule has 0 bridgehead atoms. The van der Waals surface area contributed by atoms with Gasteiger partial charge < -0.3 is 15.0 Å². The fourth-order valence-electron chi connectivity index (χ4n) is 1.16. The quantitative estimate of drug-likeness (QED) is 0.760. The molecule has 1 atom stereocenters. The van der Waals surface area contributed by atoms with Gasteiger partial charge in [0.2, 0.25) is 0 Å². The van der Waals surface area contributed by atoms with Crippen LogP contribution in [0.4, 0.5) is 0 Å². The second-order valence-corrected chi connectivity index (χ2v) is 3.82. The van der Waals surface area contributed by atoms with E-state index in [2.05, 4.69) is 0 Å². The highest BCUT2D eigenvalue weighted by molar-refractivity contribution is 5.72. The van der Waals surface area contributed by atoms with Gasteiger partial charge in [-0.05, 0) is 5.56 Å². The number of carbonyl (C=O) groups excluding carboxylic acids is 1. The van der Waals surface area contributed by atoms with E-state index in [9.17, 15) is 15.0 Å². The van der Waals surface area contributed by atoms with Gasteiger partial charge in [0, 0.05) is 11.4 Å². The molecule has 0 heterocycles. The van der Waals surface area contributed by atoms with E-state index in [0.717, 1.165) is 0 Å². The highest BCUT2D eigenvalue weighted by Crippen LogP contribution is 2.32. The number of carboxylic acids is 1. The van der Waals surface area contributed by atoms with Gasteiger partial charge in [-0.15, -0.1) is 0 Å². The molecule has 0 spiro atoms. The van der Waals surface area contributed by atoms with Gasteiger partial charge in [0.05, 0.1) is 6.10 Å². The van der Waals surface area contributed by atoms with Crippen LogP contribution in [0.15, 0.2) is 30.3 Å². The largest absolute Gasteiger partial charge is 0.549 e. The summed E-state index contributed by atoms with van der Waals surface area (Å²) in [6, 6.07) is 8.70. The Morgan fingerprint density at radius 2 is 1.86 bits per heavy atom. The van der Waals surface area contributed by atoms with Crippen LogP contribution in [0.25, 0.3) is 0 Å². The Labute approximate surface area is 83.0 Å². The number of carbonyl (C=O) groups is 1. The monoisotopic (exact) mass is 193 g/mol. The molecule has 3 heteroatoms. The van der Waals surface area contributed by atoms with Gasteiger partial charge in [-0.25, -0.2) is 0 Å². The van der Waals surface area contributed by atoms with Gasteiger partial charge in [0.25, 0.3) is 0 Å². The summed E-state index contributed by atoms with van der Waals surface area (Å²) in [5, 5.41) is 20.6. The van der Waals surface area contributed by atoms with E-state index in [1.54, 1.807) is 24.3 Å². The Morgan fingerprint density at radius 1 is 1.36 bits per heavy atom. The minimum Gasteiger partial charge on any atom is -0.549 e. The molecule has 0 aliphatic rings. The first-order chi connectivity index (χ1) is 6.46. The van der Waals surface area contributed by atoms with Crippen LogP contribution in [0, 0.1) is 5.41 Å². The highest BCUT2D eigenvalue weighted by Gasteiger charge is 2.30. The maximum atomic E-state index is 10.8. The summed E-state index contributed by atoms with van der Waals surface area (Å²) in [6.45, 7) is 2.89. The van der Waals surface area contributed by atoms with Crippen LogP contribution < -0.4 is 5.11 Å². The number of rotatable bonds is 3. The summed E-state index contributed by atoms with van der Waals surface area (Å²) in [6.07, 6.45) is -1.05. The first-order valence-electron chi connectivity index (χ1n) is 4.40. The highest BCUT2D eigenvalue weighted by atomic mass is 16.4. The van der Waals surface area contributed by atoms with Crippen LogP contribution in [0.5, 0.6) is 0 Å². The molecule has 76 valence electrons. The molecule has 0 radical (unpaired) electrons. The summed E-state index contributed by atoms with van der Waals surface area (Å²) in [5.74, 6) is -1.26. The molecule has 1 aromatic rings. The summed E-state index contributed by atoms with van der Waals surface area (Å²) in [4.78, 5) is 10.8. The van der Waals surface area contributed by atoms with Crippen LogP contribution in [-0.4, -0.2) is 11.1 Å². The van der Waals surface area contributed by atoms with Crippen LogP contribution in [0.2, 0.25) is 0 Å². The van der Waals surface area contributed by atoms with E-state index in [-0.39, 0.29) is 0 Å². The van der Waals surface area contributed by atoms with Gasteiger partial charge in [-0.1, -0.05) is 44.2 Å². The van der Waals surface area contributed by atoms with Crippen LogP contribution in [0.1, 0.15) is 25.5 Å². The van der Waals surface area contributed by atoms with Crippen LogP contribution >= 0.6 is 0 Å². The van der Waals surface area contributed by atoms with Crippen molar-refractivity contribution in [2.75, 3.05) is 0 Å². The number of aliphatic hydroxyl groups is 1. The Morgan fingerprint density at radius 3 is 2.29 bits per heavy atom. The van der Waals surface area contributed by atoms with Gasteiger partial charge in [0.1, 0.15) is 0 Å². The van der Waals surface area contributed by atoms with Gasteiger partial charge in [-0.2, -0.15) is 0 Å². The predicted octanol–water partition coefficient (Wildman–Crippen LogP) is 0.496. The molecule has 0 aliphatic heterocycles. The lowest BCUT2D eigenvalue weighted by molar-refractivity contribution is -0.321. The van der Waals surface area contributed by atoms with E-state index < -0.39 is 17.5 Å². The normalized spacial score (nSPS) is 13.6. The van der Waals surface area contributed by atoms with Crippen molar-refractivity contribution in [3.05, 3.63) is 35.9 Å². The molecule has 0 saturated heterocycles. The molecule has 0 unspecified atom stereocenters. The third-order valence-corrected chi connectivity index (χ3v) is 2.33. The van der Waals surface area contributed by atoms with Crippen molar-refractivity contribution in [2.45, 2.75) is 20.0 Å². The number of hydrogen-bond donors (Lipinski definition) is 1. The first-order valence-corrected chi connectivity index (χ1v) is 4.40. The molecule has 0 fully saturated rings. The maximum absolute atomic E-state index is 10.8. The number of benzene rings is 1. The van der Waals surface area contributed by atoms with Crippen molar-refractivity contribution in [2.24, 2.45) is 5.41 Å². The third kappa shape index (κ3) is 1.93. The molecule has 0 amide bonds. The maximum Gasteiger partial charge on any atom is 0.0893 e. The van der Waals surface area contributed by atoms with Crippen LogP contribution in [0.3, 0.4) is 0 Å². The molecule has 3 nitrogen and oxygen atoms in total. The van der Waals surface area contributed by atoms with E-state index in [1.807, 2.05) is 6.07 Å². The summed E-state index contributed by atoms with van der Waals surface area (Å²) in [7, 11) is 0. The summed E-state index contributed by atoms with van der Waals surface area (Å²) in [5.41, 5.74) is -0.692. The molecule has 0 aliphatic carbocycles. The topological polar surface area (TPSA) is 60.4 Å². The Hall–Kier alpha value is -1.35. The van der Waals surface area contributed by atoms with Gasteiger partial charge >= 0.3 is 0 Å². The number of hydrogen-bond acceptors (Lipinski definition) is 3. The fourth-order valence-corrected chi connectivity index (χ4v) is 1.16. The zero-order valence-electron chi connectivity index (χ0n) is 8.23. The molecule has 14 heavy (non-hydrogen) atoms. The van der Waals surface area contributed by atoms with Gasteiger partial charge in [0.15, 0.2) is 0 Å². The zero-order chi connectivity index (χ0) is 10.8. The average molecular weight is 193 g/mol. The molecule has 0 saturated carbocycles. The average Bonchev–Trinajstić information content (AvgIpc) is 2.17. The van der Waals surface area contributed by atoms with Gasteiger partial charge in [-0.3, -0.25) is 0 Å². The SMILES string of the molecule is CC(C)(C(=O)[O-])[C@H](O)c1ccccc1. The minimum absolute atomic E-state index is 0.585. The fraction of sp³-hybridized carbons (Fsp3) is 0.364. The molecule has 1 aromatic carbocycles. The summed E-state index contributed by atoms with van der Waals surface area (Å²) < 4.78 is 0. The summed E-state index contributed by atoms with van der Waals surface area (Å²) >= 11 is 0. The van der Waals surface area contributed by atoms with Crippen molar-refractivity contribution < 1.29 is 15.0 Å². The van der Waals surface area contributed by atoms with Crippen molar-refractivity contribution >= 4 is 5.97 Å². The molecular formula is C11H13O3-. The zero-order valence-corrected chi connectivity index (χ0v) is 8.23. The Kier molecular flexibility index (Phi) is 2.91. The van der Waals surface area contributed by atoms with E-state index >= 15 is 0 Å². The standard InChI is InChI=1S/C11H14O3/c1-11(2,10(13)14)9(12)8-6-4-3-5-7-8/h3-7,9,12H,1-2H3,(H,13,14)/p-1/t9-/m1/s1. The van der Waals surface area contributed by atoms with E-state index in [0.29, 0.717) is 5.56 Å². The smallest absolute Gasteiger partial charge is 0.0893 e. The lowest BCUT2D eigenvalue weighted by Crippen LogP contribution is -2.42. The number of aliphatic hydroxyl groups excluding tert-OH is 1. The van der Waals surface area contributed by atoms with Crippen molar-refractivity contribution in [1.29, 1.82) is 0 Å².